The van der Waals surface area contributed by atoms with Gasteiger partial charge in [0.1, 0.15) is 0 Å². The highest BCUT2D eigenvalue weighted by Gasteiger charge is 2.32. The average Bonchev–Trinajstić information content (AvgIpc) is 2.82. The predicted octanol–water partition coefficient (Wildman–Crippen LogP) is 1.96. The molecule has 1 aliphatic rings. The van der Waals surface area contributed by atoms with E-state index in [1.807, 2.05) is 0 Å². The van der Waals surface area contributed by atoms with Crippen molar-refractivity contribution in [2.75, 3.05) is 18.0 Å². The van der Waals surface area contributed by atoms with E-state index in [0.717, 1.165) is 0 Å². The normalized spacial score (nSPS) is 19.9. The summed E-state index contributed by atoms with van der Waals surface area (Å²) >= 11 is 4.51. The Morgan fingerprint density at radius 2 is 2.50 bits per heavy atom. The van der Waals surface area contributed by atoms with Gasteiger partial charge in [-0.05, 0) is 27.4 Å². The molecule has 0 N–H and O–H groups in total. The minimum atomic E-state index is 0.00166. The van der Waals surface area contributed by atoms with E-state index in [1.54, 1.807) is 4.90 Å². The van der Waals surface area contributed by atoms with Crippen molar-refractivity contribution in [3.63, 3.8) is 0 Å². The second-order valence-corrected chi connectivity index (χ2v) is 5.56. The smallest absolute Gasteiger partial charge is 0.229 e. The van der Waals surface area contributed by atoms with Crippen LogP contribution in [-0.2, 0) is 4.79 Å². The van der Waals surface area contributed by atoms with Gasteiger partial charge in [0.25, 0.3) is 0 Å². The van der Waals surface area contributed by atoms with Crippen LogP contribution in [0.2, 0.25) is 0 Å². The lowest BCUT2D eigenvalue weighted by molar-refractivity contribution is -0.117. The highest BCUT2D eigenvalue weighted by atomic mass is 79.9. The molecular formula is C7H7BrN6OS. The first-order valence-electron chi connectivity index (χ1n) is 4.51. The first-order valence-corrected chi connectivity index (χ1v) is 6.12. The van der Waals surface area contributed by atoms with Crippen molar-refractivity contribution < 1.29 is 4.79 Å². The predicted molar refractivity (Wildman–Crippen MR) is 62.1 cm³/mol. The van der Waals surface area contributed by atoms with Gasteiger partial charge in [-0.3, -0.25) is 9.69 Å². The van der Waals surface area contributed by atoms with Crippen LogP contribution in [0.1, 0.15) is 6.42 Å². The van der Waals surface area contributed by atoms with Gasteiger partial charge in [-0.1, -0.05) is 16.5 Å². The van der Waals surface area contributed by atoms with Crippen molar-refractivity contribution in [2.45, 2.75) is 6.42 Å². The second-order valence-electron chi connectivity index (χ2n) is 3.33. The molecule has 2 rings (SSSR count). The van der Waals surface area contributed by atoms with Crippen molar-refractivity contribution >= 4 is 38.3 Å². The Kier molecular flexibility index (Phi) is 3.37. The third kappa shape index (κ3) is 2.31. The van der Waals surface area contributed by atoms with E-state index in [1.165, 1.54) is 11.3 Å². The molecule has 1 aromatic heterocycles. The Bertz CT molecular complexity index is 455. The van der Waals surface area contributed by atoms with Crippen LogP contribution in [0, 0.1) is 5.92 Å². The van der Waals surface area contributed by atoms with E-state index in [2.05, 4.69) is 36.2 Å². The van der Waals surface area contributed by atoms with E-state index in [9.17, 15) is 4.79 Å². The van der Waals surface area contributed by atoms with Crippen molar-refractivity contribution in [3.05, 3.63) is 14.4 Å². The van der Waals surface area contributed by atoms with Crippen LogP contribution in [0.25, 0.3) is 10.4 Å². The number of aromatic nitrogens is 2. The van der Waals surface area contributed by atoms with Crippen LogP contribution >= 0.6 is 27.3 Å². The topological polar surface area (TPSA) is 94.9 Å². The number of nitrogens with zero attached hydrogens (tertiary/aromatic N) is 6. The van der Waals surface area contributed by atoms with Crippen LogP contribution < -0.4 is 4.90 Å². The molecule has 7 nitrogen and oxygen atoms in total. The highest BCUT2D eigenvalue weighted by molar-refractivity contribution is 9.11. The van der Waals surface area contributed by atoms with E-state index >= 15 is 0 Å². The number of rotatable bonds is 3. The lowest BCUT2D eigenvalue weighted by atomic mass is 10.1. The zero-order valence-electron chi connectivity index (χ0n) is 8.08. The maximum absolute atomic E-state index is 11.7. The fourth-order valence-corrected chi connectivity index (χ4v) is 2.66. The molecular weight excluding hydrogens is 296 g/mol. The van der Waals surface area contributed by atoms with Gasteiger partial charge in [0.05, 0.1) is 0 Å². The van der Waals surface area contributed by atoms with Gasteiger partial charge in [-0.2, -0.15) is 0 Å². The molecule has 0 spiro atoms. The number of carbonyl (C=O) groups is 1. The van der Waals surface area contributed by atoms with E-state index < -0.39 is 0 Å². The quantitative estimate of drug-likeness (QED) is 0.485. The third-order valence-electron chi connectivity index (χ3n) is 2.23. The number of anilines is 1. The van der Waals surface area contributed by atoms with E-state index in [-0.39, 0.29) is 11.8 Å². The summed E-state index contributed by atoms with van der Waals surface area (Å²) in [7, 11) is 0. The second kappa shape index (κ2) is 4.77. The molecule has 0 radical (unpaired) electrons. The fraction of sp³-hybridized carbons (Fsp3) is 0.571. The van der Waals surface area contributed by atoms with Crippen molar-refractivity contribution in [1.82, 2.24) is 10.2 Å². The Morgan fingerprint density at radius 3 is 3.12 bits per heavy atom. The molecule has 2 heterocycles. The van der Waals surface area contributed by atoms with E-state index in [0.29, 0.717) is 28.6 Å². The summed E-state index contributed by atoms with van der Waals surface area (Å²) in [5.41, 5.74) is 8.21. The van der Waals surface area contributed by atoms with Crippen molar-refractivity contribution in [2.24, 2.45) is 11.0 Å². The summed E-state index contributed by atoms with van der Waals surface area (Å²) in [4.78, 5) is 15.9. The molecule has 84 valence electrons. The molecule has 0 aliphatic carbocycles. The van der Waals surface area contributed by atoms with Crippen LogP contribution in [0.15, 0.2) is 9.03 Å². The Labute approximate surface area is 103 Å². The zero-order chi connectivity index (χ0) is 11.5. The Morgan fingerprint density at radius 1 is 1.69 bits per heavy atom. The SMILES string of the molecule is [N-]=[N+]=NCC1CC(=O)N(c2nnc(Br)s2)C1. The molecule has 0 bridgehead atoms. The van der Waals surface area contributed by atoms with Crippen LogP contribution in [-0.4, -0.2) is 29.2 Å². The highest BCUT2D eigenvalue weighted by Crippen LogP contribution is 2.29. The molecule has 1 atom stereocenters. The van der Waals surface area contributed by atoms with Gasteiger partial charge >= 0.3 is 0 Å². The van der Waals surface area contributed by atoms with Crippen LogP contribution in [0.5, 0.6) is 0 Å². The molecule has 0 aromatic carbocycles. The number of hydrogen-bond donors (Lipinski definition) is 0. The molecule has 0 saturated carbocycles. The van der Waals surface area contributed by atoms with Gasteiger partial charge in [0.2, 0.25) is 11.0 Å². The van der Waals surface area contributed by atoms with Crippen molar-refractivity contribution in [1.29, 1.82) is 0 Å². The summed E-state index contributed by atoms with van der Waals surface area (Å²) in [6.07, 6.45) is 0.399. The lowest BCUT2D eigenvalue weighted by Crippen LogP contribution is -2.24. The number of carbonyl (C=O) groups excluding carboxylic acids is 1. The summed E-state index contributed by atoms with van der Waals surface area (Å²) in [5, 5.41) is 11.7. The van der Waals surface area contributed by atoms with Gasteiger partial charge in [0.15, 0.2) is 3.92 Å². The number of hydrogen-bond acceptors (Lipinski definition) is 5. The lowest BCUT2D eigenvalue weighted by Gasteiger charge is -2.10. The molecule has 1 fully saturated rings. The van der Waals surface area contributed by atoms with Crippen molar-refractivity contribution in [3.8, 4) is 0 Å². The van der Waals surface area contributed by atoms with Gasteiger partial charge in [-0.15, -0.1) is 10.2 Å². The monoisotopic (exact) mass is 302 g/mol. The first-order chi connectivity index (χ1) is 7.70. The molecule has 1 amide bonds. The van der Waals surface area contributed by atoms with E-state index in [4.69, 9.17) is 5.53 Å². The minimum Gasteiger partial charge on any atom is -0.286 e. The maximum atomic E-state index is 11.7. The molecule has 1 aliphatic heterocycles. The summed E-state index contributed by atoms with van der Waals surface area (Å²) in [5.74, 6) is 0.0767. The Hall–Kier alpha value is -1.18. The number of halogens is 1. The largest absolute Gasteiger partial charge is 0.286 e. The summed E-state index contributed by atoms with van der Waals surface area (Å²) in [6.45, 7) is 0.887. The first kappa shape index (κ1) is 11.3. The minimum absolute atomic E-state index is 0.00166. The van der Waals surface area contributed by atoms with Gasteiger partial charge in [0, 0.05) is 24.4 Å². The molecule has 1 unspecified atom stereocenters. The summed E-state index contributed by atoms with van der Waals surface area (Å²) < 4.78 is 0.647. The summed E-state index contributed by atoms with van der Waals surface area (Å²) in [6, 6.07) is 0. The molecule has 1 aromatic rings. The Balaban J connectivity index is 2.07. The maximum Gasteiger partial charge on any atom is 0.229 e. The molecule has 16 heavy (non-hydrogen) atoms. The average molecular weight is 303 g/mol. The number of amides is 1. The number of azide groups is 1. The van der Waals surface area contributed by atoms with Gasteiger partial charge in [-0.25, -0.2) is 0 Å². The van der Waals surface area contributed by atoms with Gasteiger partial charge < -0.3 is 0 Å². The molecule has 9 heteroatoms. The standard InChI is InChI=1S/C7H7BrN6OS/c8-6-11-12-7(16-6)14-3-4(1-5(14)15)2-10-13-9/h4H,1-3H2. The fourth-order valence-electron chi connectivity index (χ4n) is 1.55. The van der Waals surface area contributed by atoms with Crippen LogP contribution in [0.4, 0.5) is 5.13 Å². The third-order valence-corrected chi connectivity index (χ3v) is 3.61. The zero-order valence-corrected chi connectivity index (χ0v) is 10.5. The van der Waals surface area contributed by atoms with Crippen LogP contribution in [0.3, 0.4) is 0 Å². The molecule has 1 saturated heterocycles.